The Labute approximate surface area is 172 Å². The molecule has 0 aliphatic carbocycles. The third-order valence-electron chi connectivity index (χ3n) is 3.82. The van der Waals surface area contributed by atoms with Crippen LogP contribution in [-0.2, 0) is 24.9 Å². The molecule has 0 saturated heterocycles. The number of benzene rings is 1. The van der Waals surface area contributed by atoms with Crippen LogP contribution < -0.4 is 10.6 Å². The summed E-state index contributed by atoms with van der Waals surface area (Å²) in [6.07, 6.45) is 0.933. The van der Waals surface area contributed by atoms with Crippen LogP contribution in [0.5, 0.6) is 0 Å². The van der Waals surface area contributed by atoms with Crippen LogP contribution in [0.2, 0.25) is 0 Å². The van der Waals surface area contributed by atoms with Crippen molar-refractivity contribution >= 4 is 29.9 Å². The predicted molar refractivity (Wildman–Crippen MR) is 115 cm³/mol. The zero-order valence-corrected chi connectivity index (χ0v) is 18.1. The Kier molecular flexibility index (Phi) is 10.9. The fourth-order valence-corrected chi connectivity index (χ4v) is 2.22. The van der Waals surface area contributed by atoms with E-state index < -0.39 is 0 Å². The lowest BCUT2D eigenvalue weighted by molar-refractivity contribution is 0.145. The van der Waals surface area contributed by atoms with E-state index in [1.807, 2.05) is 43.7 Å². The monoisotopic (exact) mass is 472 g/mol. The molecule has 0 bridgehead atoms. The van der Waals surface area contributed by atoms with E-state index in [0.29, 0.717) is 13.1 Å². The van der Waals surface area contributed by atoms with Gasteiger partial charge in [0.15, 0.2) is 11.8 Å². The van der Waals surface area contributed by atoms with Crippen molar-refractivity contribution in [2.24, 2.45) is 12.0 Å². The highest BCUT2D eigenvalue weighted by Gasteiger charge is 2.06. The van der Waals surface area contributed by atoms with E-state index in [9.17, 15) is 0 Å². The summed E-state index contributed by atoms with van der Waals surface area (Å²) < 4.78 is 7.34. The second-order valence-electron chi connectivity index (χ2n) is 5.70. The van der Waals surface area contributed by atoms with Gasteiger partial charge in [-0.1, -0.05) is 30.3 Å². The molecule has 0 atom stereocenters. The van der Waals surface area contributed by atoms with Gasteiger partial charge < -0.3 is 19.9 Å². The Morgan fingerprint density at radius 3 is 2.62 bits per heavy atom. The maximum atomic E-state index is 5.37. The molecule has 7 nitrogen and oxygen atoms in total. The minimum absolute atomic E-state index is 0. The predicted octanol–water partition coefficient (Wildman–Crippen LogP) is 2.40. The van der Waals surface area contributed by atoms with Crippen LogP contribution in [0.4, 0.5) is 0 Å². The van der Waals surface area contributed by atoms with Crippen LogP contribution in [0.1, 0.15) is 30.6 Å². The van der Waals surface area contributed by atoms with Crippen LogP contribution in [0.3, 0.4) is 0 Å². The minimum atomic E-state index is 0. The van der Waals surface area contributed by atoms with Crippen molar-refractivity contribution in [2.75, 3.05) is 19.8 Å². The zero-order chi connectivity index (χ0) is 17.9. The maximum absolute atomic E-state index is 5.37. The first kappa shape index (κ1) is 22.4. The molecule has 2 aromatic rings. The van der Waals surface area contributed by atoms with Crippen molar-refractivity contribution in [3.8, 4) is 0 Å². The largest absolute Gasteiger partial charge is 0.382 e. The SMILES string of the molecule is CCOCCCNC(=NCc1ccccc1)NCc1nnc(C)n1C.I. The van der Waals surface area contributed by atoms with Gasteiger partial charge in [-0.05, 0) is 25.8 Å². The Balaban J connectivity index is 0.00000338. The summed E-state index contributed by atoms with van der Waals surface area (Å²) in [6, 6.07) is 10.2. The van der Waals surface area contributed by atoms with Crippen molar-refractivity contribution < 1.29 is 4.74 Å². The molecule has 26 heavy (non-hydrogen) atoms. The average molecular weight is 472 g/mol. The molecule has 0 amide bonds. The van der Waals surface area contributed by atoms with Gasteiger partial charge in [0.05, 0.1) is 13.1 Å². The first-order valence-electron chi connectivity index (χ1n) is 8.69. The number of ether oxygens (including phenoxy) is 1. The van der Waals surface area contributed by atoms with E-state index in [4.69, 9.17) is 4.74 Å². The summed E-state index contributed by atoms with van der Waals surface area (Å²) in [5.74, 6) is 2.53. The summed E-state index contributed by atoms with van der Waals surface area (Å²) >= 11 is 0. The van der Waals surface area contributed by atoms with E-state index in [-0.39, 0.29) is 24.0 Å². The first-order chi connectivity index (χ1) is 12.2. The molecule has 8 heteroatoms. The number of halogens is 1. The number of aromatic nitrogens is 3. The lowest BCUT2D eigenvalue weighted by atomic mass is 10.2. The summed E-state index contributed by atoms with van der Waals surface area (Å²) in [6.45, 7) is 7.44. The van der Waals surface area contributed by atoms with Gasteiger partial charge in [0.2, 0.25) is 0 Å². The standard InChI is InChI=1S/C18H28N6O.HI/c1-4-25-12-8-11-19-18(20-13-16-9-6-5-7-10-16)21-14-17-23-22-15(2)24(17)3;/h5-7,9-10H,4,8,11-14H2,1-3H3,(H2,19,20,21);1H. The molecular weight excluding hydrogens is 443 g/mol. The average Bonchev–Trinajstić information content (AvgIpc) is 2.96. The molecule has 2 N–H and O–H groups in total. The quantitative estimate of drug-likeness (QED) is 0.254. The molecule has 0 spiro atoms. The molecule has 0 fully saturated rings. The van der Waals surface area contributed by atoms with E-state index in [1.54, 1.807) is 0 Å². The number of aliphatic imine (C=N–C) groups is 1. The number of guanidine groups is 1. The number of aryl methyl sites for hydroxylation is 1. The highest BCUT2D eigenvalue weighted by atomic mass is 127. The molecule has 0 aliphatic heterocycles. The Morgan fingerprint density at radius 1 is 1.19 bits per heavy atom. The van der Waals surface area contributed by atoms with Gasteiger partial charge in [-0.2, -0.15) is 0 Å². The van der Waals surface area contributed by atoms with Crippen LogP contribution in [0, 0.1) is 6.92 Å². The number of hydrogen-bond acceptors (Lipinski definition) is 4. The van der Waals surface area contributed by atoms with E-state index >= 15 is 0 Å². The minimum Gasteiger partial charge on any atom is -0.382 e. The lowest BCUT2D eigenvalue weighted by Gasteiger charge is -2.12. The van der Waals surface area contributed by atoms with Gasteiger partial charge in [-0.15, -0.1) is 34.2 Å². The molecule has 1 aromatic heterocycles. The topological polar surface area (TPSA) is 76.4 Å². The lowest BCUT2D eigenvalue weighted by Crippen LogP contribution is -2.38. The number of rotatable bonds is 9. The van der Waals surface area contributed by atoms with Crippen LogP contribution in [0.15, 0.2) is 35.3 Å². The maximum Gasteiger partial charge on any atom is 0.191 e. The van der Waals surface area contributed by atoms with Crippen molar-refractivity contribution in [3.63, 3.8) is 0 Å². The highest BCUT2D eigenvalue weighted by molar-refractivity contribution is 14.0. The first-order valence-corrected chi connectivity index (χ1v) is 8.69. The van der Waals surface area contributed by atoms with Gasteiger partial charge in [-0.25, -0.2) is 4.99 Å². The molecule has 2 rings (SSSR count). The number of nitrogens with zero attached hydrogens (tertiary/aromatic N) is 4. The van der Waals surface area contributed by atoms with Crippen molar-refractivity contribution in [3.05, 3.63) is 47.5 Å². The second-order valence-corrected chi connectivity index (χ2v) is 5.70. The molecule has 1 aromatic carbocycles. The van der Waals surface area contributed by atoms with Gasteiger partial charge in [0.25, 0.3) is 0 Å². The second kappa shape index (κ2) is 12.6. The molecule has 1 heterocycles. The third kappa shape index (κ3) is 7.69. The Bertz CT molecular complexity index is 659. The van der Waals surface area contributed by atoms with Gasteiger partial charge in [-0.3, -0.25) is 0 Å². The number of hydrogen-bond donors (Lipinski definition) is 2. The smallest absolute Gasteiger partial charge is 0.191 e. The highest BCUT2D eigenvalue weighted by Crippen LogP contribution is 2.00. The fraction of sp³-hybridized carbons (Fsp3) is 0.500. The van der Waals surface area contributed by atoms with Gasteiger partial charge in [0, 0.05) is 26.8 Å². The summed E-state index contributed by atoms with van der Waals surface area (Å²) in [5.41, 5.74) is 1.17. The fourth-order valence-electron chi connectivity index (χ4n) is 2.22. The van der Waals surface area contributed by atoms with Crippen LogP contribution in [0.25, 0.3) is 0 Å². The van der Waals surface area contributed by atoms with E-state index in [0.717, 1.165) is 43.8 Å². The third-order valence-corrected chi connectivity index (χ3v) is 3.82. The Morgan fingerprint density at radius 2 is 1.96 bits per heavy atom. The zero-order valence-electron chi connectivity index (χ0n) is 15.7. The summed E-state index contributed by atoms with van der Waals surface area (Å²) in [5, 5.41) is 14.9. The molecular formula is C18H29IN6O. The summed E-state index contributed by atoms with van der Waals surface area (Å²) in [4.78, 5) is 4.66. The van der Waals surface area contributed by atoms with Crippen molar-refractivity contribution in [1.29, 1.82) is 0 Å². The number of nitrogens with one attached hydrogen (secondary N) is 2. The molecule has 0 saturated carbocycles. The van der Waals surface area contributed by atoms with E-state index in [2.05, 4.69) is 38.0 Å². The molecule has 144 valence electrons. The summed E-state index contributed by atoms with van der Waals surface area (Å²) in [7, 11) is 1.96. The Hall–Kier alpha value is -1.68. The van der Waals surface area contributed by atoms with Crippen molar-refractivity contribution in [1.82, 2.24) is 25.4 Å². The molecule has 0 aliphatic rings. The van der Waals surface area contributed by atoms with Crippen LogP contribution in [-0.4, -0.2) is 40.5 Å². The van der Waals surface area contributed by atoms with Crippen molar-refractivity contribution in [2.45, 2.75) is 33.4 Å². The molecule has 0 radical (unpaired) electrons. The normalized spacial score (nSPS) is 11.1. The van der Waals surface area contributed by atoms with Gasteiger partial charge in [0.1, 0.15) is 5.82 Å². The van der Waals surface area contributed by atoms with Crippen LogP contribution >= 0.6 is 24.0 Å². The van der Waals surface area contributed by atoms with Gasteiger partial charge >= 0.3 is 0 Å². The van der Waals surface area contributed by atoms with E-state index in [1.165, 1.54) is 5.56 Å². The molecule has 0 unspecified atom stereocenters.